The highest BCUT2D eigenvalue weighted by Gasteiger charge is 2.34. The van der Waals surface area contributed by atoms with Crippen LogP contribution < -0.4 is 10.2 Å². The van der Waals surface area contributed by atoms with Crippen LogP contribution in [0.5, 0.6) is 0 Å². The van der Waals surface area contributed by atoms with Crippen LogP contribution in [0.15, 0.2) is 54.4 Å². The highest BCUT2D eigenvalue weighted by molar-refractivity contribution is 5.67. The lowest BCUT2D eigenvalue weighted by Crippen LogP contribution is -2.55. The average molecular weight is 373 g/mol. The van der Waals surface area contributed by atoms with Crippen molar-refractivity contribution in [1.29, 1.82) is 0 Å². The van der Waals surface area contributed by atoms with Gasteiger partial charge in [-0.1, -0.05) is 6.58 Å². The zero-order chi connectivity index (χ0) is 19.4. The van der Waals surface area contributed by atoms with Crippen molar-refractivity contribution < 1.29 is 13.6 Å². The summed E-state index contributed by atoms with van der Waals surface area (Å²) in [5, 5.41) is 3.49. The summed E-state index contributed by atoms with van der Waals surface area (Å²) < 4.78 is 27.0. The van der Waals surface area contributed by atoms with Gasteiger partial charge in [0, 0.05) is 48.9 Å². The van der Waals surface area contributed by atoms with Crippen molar-refractivity contribution in [2.45, 2.75) is 18.9 Å². The Balaban J connectivity index is 1.77. The van der Waals surface area contributed by atoms with Gasteiger partial charge in [-0.25, -0.2) is 8.78 Å². The maximum atomic E-state index is 13.5. The van der Waals surface area contributed by atoms with E-state index in [4.69, 9.17) is 0 Å². The number of piperidine rings is 3. The monoisotopic (exact) mass is 373 g/mol. The number of hydrogen-bond donors (Lipinski definition) is 1. The van der Waals surface area contributed by atoms with E-state index < -0.39 is 11.6 Å². The number of carbonyl (C=O) groups excluding carboxylic acids is 1. The molecule has 0 saturated carbocycles. The number of allylic oxidation sites excluding steroid dienone is 2. The van der Waals surface area contributed by atoms with Crippen LogP contribution in [0, 0.1) is 17.6 Å². The molecule has 1 atom stereocenters. The molecular formula is C21H25F2N3O. The lowest BCUT2D eigenvalue weighted by atomic mass is 9.84. The van der Waals surface area contributed by atoms with E-state index in [9.17, 15) is 13.6 Å². The summed E-state index contributed by atoms with van der Waals surface area (Å²) in [7, 11) is 1.70. The molecule has 0 aliphatic carbocycles. The largest absolute Gasteiger partial charge is 0.381 e. The minimum Gasteiger partial charge on any atom is -0.381 e. The Morgan fingerprint density at radius 2 is 1.93 bits per heavy atom. The van der Waals surface area contributed by atoms with E-state index >= 15 is 0 Å². The third-order valence-electron chi connectivity index (χ3n) is 5.31. The van der Waals surface area contributed by atoms with Crippen LogP contribution in [0.4, 0.5) is 14.5 Å². The molecule has 1 N–H and O–H groups in total. The van der Waals surface area contributed by atoms with Crippen LogP contribution in [-0.2, 0) is 4.79 Å². The third-order valence-corrected chi connectivity index (χ3v) is 5.31. The molecule has 27 heavy (non-hydrogen) atoms. The smallest absolute Gasteiger partial charge is 0.142 e. The van der Waals surface area contributed by atoms with Crippen LogP contribution in [0.3, 0.4) is 0 Å². The Morgan fingerprint density at radius 1 is 1.26 bits per heavy atom. The summed E-state index contributed by atoms with van der Waals surface area (Å²) in [6, 6.07) is 3.67. The molecule has 6 heteroatoms. The van der Waals surface area contributed by atoms with Crippen LogP contribution in [0.25, 0.3) is 0 Å². The second-order valence-corrected chi connectivity index (χ2v) is 7.19. The Hall–Kier alpha value is -2.47. The van der Waals surface area contributed by atoms with Gasteiger partial charge in [0.2, 0.25) is 0 Å². The van der Waals surface area contributed by atoms with E-state index in [-0.39, 0.29) is 0 Å². The average Bonchev–Trinajstić information content (AvgIpc) is 2.65. The molecule has 3 heterocycles. The minimum atomic E-state index is -0.639. The maximum Gasteiger partial charge on any atom is 0.142 e. The van der Waals surface area contributed by atoms with Gasteiger partial charge in [0.1, 0.15) is 17.9 Å². The highest BCUT2D eigenvalue weighted by Crippen LogP contribution is 2.28. The van der Waals surface area contributed by atoms with Crippen LogP contribution in [0.1, 0.15) is 12.8 Å². The summed E-state index contributed by atoms with van der Waals surface area (Å²) in [6.07, 6.45) is 7.79. The van der Waals surface area contributed by atoms with E-state index in [0.717, 1.165) is 25.7 Å². The molecule has 0 radical (unpaired) electrons. The van der Waals surface area contributed by atoms with Crippen LogP contribution in [0.2, 0.25) is 0 Å². The van der Waals surface area contributed by atoms with Gasteiger partial charge in [-0.05, 0) is 56.1 Å². The molecule has 3 aliphatic rings. The van der Waals surface area contributed by atoms with Gasteiger partial charge in [0.15, 0.2) is 0 Å². The first-order valence-electron chi connectivity index (χ1n) is 9.17. The Kier molecular flexibility index (Phi) is 6.06. The zero-order valence-electron chi connectivity index (χ0n) is 15.5. The van der Waals surface area contributed by atoms with E-state index in [0.29, 0.717) is 35.2 Å². The first-order valence-corrected chi connectivity index (χ1v) is 9.17. The molecule has 0 aromatic heterocycles. The number of rotatable bonds is 7. The van der Waals surface area contributed by atoms with Gasteiger partial charge in [-0.15, -0.1) is 0 Å². The van der Waals surface area contributed by atoms with Crippen molar-refractivity contribution >= 4 is 12.0 Å². The maximum absolute atomic E-state index is 13.5. The Morgan fingerprint density at radius 3 is 2.48 bits per heavy atom. The van der Waals surface area contributed by atoms with E-state index in [1.165, 1.54) is 31.1 Å². The molecule has 0 spiro atoms. The number of fused-ring (bicyclic) bond motifs is 3. The van der Waals surface area contributed by atoms with Gasteiger partial charge in [0.25, 0.3) is 0 Å². The molecule has 1 unspecified atom stereocenters. The summed E-state index contributed by atoms with van der Waals surface area (Å²) in [6.45, 7) is 7.41. The predicted octanol–water partition coefficient (Wildman–Crippen LogP) is 3.24. The van der Waals surface area contributed by atoms with Crippen LogP contribution in [-0.4, -0.2) is 43.9 Å². The number of aldehydes is 1. The number of carbonyl (C=O) groups is 1. The normalized spacial score (nSPS) is 24.9. The molecular weight excluding hydrogens is 348 g/mol. The highest BCUT2D eigenvalue weighted by atomic mass is 19.1. The quantitative estimate of drug-likeness (QED) is 0.452. The number of halogens is 2. The van der Waals surface area contributed by atoms with Gasteiger partial charge in [-0.3, -0.25) is 4.79 Å². The standard InChI is InChI=1S/C21H25F2N3O/c1-15(24-21-14-26-7-5-16(21)6-8-26)17(4-3-9-27)13-25(2)20-11-18(22)10-19(23)12-20/h3-4,9-13,16,21,24H,1,5-8,14H2,2H3/b4-3-,17-13+. The molecule has 0 amide bonds. The molecule has 4 rings (SSSR count). The Labute approximate surface area is 158 Å². The topological polar surface area (TPSA) is 35.6 Å². The number of nitrogens with one attached hydrogen (secondary N) is 1. The third kappa shape index (κ3) is 4.83. The lowest BCUT2D eigenvalue weighted by Gasteiger charge is -2.45. The summed E-state index contributed by atoms with van der Waals surface area (Å²) >= 11 is 0. The number of benzene rings is 1. The van der Waals surface area contributed by atoms with Crippen LogP contribution >= 0.6 is 0 Å². The second-order valence-electron chi connectivity index (χ2n) is 7.19. The van der Waals surface area contributed by atoms with Crippen molar-refractivity contribution in [3.05, 3.63) is 66.0 Å². The molecule has 2 bridgehead atoms. The van der Waals surface area contributed by atoms with Gasteiger partial charge >= 0.3 is 0 Å². The van der Waals surface area contributed by atoms with Gasteiger partial charge in [-0.2, -0.15) is 0 Å². The lowest BCUT2D eigenvalue weighted by molar-refractivity contribution is -0.104. The molecule has 3 saturated heterocycles. The summed E-state index contributed by atoms with van der Waals surface area (Å²) in [5.41, 5.74) is 1.75. The van der Waals surface area contributed by atoms with Gasteiger partial charge in [0.05, 0.1) is 0 Å². The first kappa shape index (κ1) is 19.3. The molecule has 3 aliphatic heterocycles. The molecule has 3 fully saturated rings. The van der Waals surface area contributed by atoms with Crippen molar-refractivity contribution in [2.75, 3.05) is 31.6 Å². The number of hydrogen-bond acceptors (Lipinski definition) is 4. The molecule has 1 aromatic rings. The van der Waals surface area contributed by atoms with Crippen molar-refractivity contribution in [1.82, 2.24) is 10.2 Å². The number of anilines is 1. The first-order chi connectivity index (χ1) is 13.0. The summed E-state index contributed by atoms with van der Waals surface area (Å²) in [5.74, 6) is -0.656. The molecule has 144 valence electrons. The predicted molar refractivity (Wildman–Crippen MR) is 103 cm³/mol. The fourth-order valence-corrected chi connectivity index (χ4v) is 3.83. The number of nitrogens with zero attached hydrogens (tertiary/aromatic N) is 2. The minimum absolute atomic E-state index is 0.324. The van der Waals surface area contributed by atoms with E-state index in [1.807, 2.05) is 0 Å². The fourth-order valence-electron chi connectivity index (χ4n) is 3.83. The Bertz CT molecular complexity index is 746. The van der Waals surface area contributed by atoms with Gasteiger partial charge < -0.3 is 15.1 Å². The summed E-state index contributed by atoms with van der Waals surface area (Å²) in [4.78, 5) is 14.8. The van der Waals surface area contributed by atoms with E-state index in [1.54, 1.807) is 24.2 Å². The second kappa shape index (κ2) is 8.48. The molecule has 4 nitrogen and oxygen atoms in total. The molecule has 1 aromatic carbocycles. The van der Waals surface area contributed by atoms with E-state index in [2.05, 4.69) is 16.8 Å². The SMILES string of the molecule is C=C(NC1CN2CCC1CC2)C(/C=C\C=O)=C/N(C)c1cc(F)cc(F)c1. The van der Waals surface area contributed by atoms with Crippen molar-refractivity contribution in [2.24, 2.45) is 5.92 Å². The zero-order valence-corrected chi connectivity index (χ0v) is 15.5. The fraction of sp³-hybridized carbons (Fsp3) is 0.381. The van der Waals surface area contributed by atoms with Crippen molar-refractivity contribution in [3.8, 4) is 0 Å². The van der Waals surface area contributed by atoms with Crippen molar-refractivity contribution in [3.63, 3.8) is 0 Å².